The van der Waals surface area contributed by atoms with Crippen molar-refractivity contribution < 1.29 is 26.3 Å². The zero-order chi connectivity index (χ0) is 17.5. The Bertz CT molecular complexity index is 1020. The van der Waals surface area contributed by atoms with Gasteiger partial charge in [0.25, 0.3) is 5.88 Å². The molecule has 0 aromatic carbocycles. The second kappa shape index (κ2) is 5.54. The van der Waals surface area contributed by atoms with Crippen LogP contribution in [-0.2, 0) is 16.0 Å². The highest BCUT2D eigenvalue weighted by Gasteiger charge is 2.38. The SMILES string of the molecule is CS(=O)(=O)CCOc1nc2cccnc2n2c(C(F)(F)F)nnc12. The Labute approximate surface area is 133 Å². The molecule has 128 valence electrons. The van der Waals surface area contributed by atoms with Gasteiger partial charge in [0.05, 0.1) is 5.75 Å². The van der Waals surface area contributed by atoms with Crippen molar-refractivity contribution in [2.75, 3.05) is 18.6 Å². The largest absolute Gasteiger partial charge is 0.474 e. The minimum atomic E-state index is -4.75. The summed E-state index contributed by atoms with van der Waals surface area (Å²) in [5, 5.41) is 6.61. The van der Waals surface area contributed by atoms with Gasteiger partial charge in [-0.2, -0.15) is 13.2 Å². The van der Waals surface area contributed by atoms with Crippen LogP contribution in [0.5, 0.6) is 5.88 Å². The maximum absolute atomic E-state index is 13.1. The van der Waals surface area contributed by atoms with Crippen molar-refractivity contribution in [1.29, 1.82) is 0 Å². The highest BCUT2D eigenvalue weighted by molar-refractivity contribution is 7.90. The fourth-order valence-corrected chi connectivity index (χ4v) is 2.39. The van der Waals surface area contributed by atoms with Crippen LogP contribution in [0.15, 0.2) is 18.3 Å². The molecule has 3 aromatic rings. The van der Waals surface area contributed by atoms with E-state index in [0.717, 1.165) is 6.26 Å². The lowest BCUT2D eigenvalue weighted by molar-refractivity contribution is -0.145. The van der Waals surface area contributed by atoms with Crippen molar-refractivity contribution in [3.8, 4) is 5.88 Å². The Kier molecular flexibility index (Phi) is 3.78. The molecule has 0 bridgehead atoms. The van der Waals surface area contributed by atoms with E-state index in [4.69, 9.17) is 4.74 Å². The Morgan fingerprint density at radius 2 is 2.00 bits per heavy atom. The average molecular weight is 361 g/mol. The smallest absolute Gasteiger partial charge is 0.452 e. The van der Waals surface area contributed by atoms with Crippen LogP contribution in [0.2, 0.25) is 0 Å². The third kappa shape index (κ3) is 3.09. The highest BCUT2D eigenvalue weighted by Crippen LogP contribution is 2.31. The molecule has 24 heavy (non-hydrogen) atoms. The van der Waals surface area contributed by atoms with E-state index in [9.17, 15) is 21.6 Å². The zero-order valence-electron chi connectivity index (χ0n) is 12.1. The second-order valence-electron chi connectivity index (χ2n) is 4.92. The molecule has 0 fully saturated rings. The molecule has 0 N–H and O–H groups in total. The lowest BCUT2D eigenvalue weighted by Crippen LogP contribution is -2.15. The van der Waals surface area contributed by atoms with E-state index in [2.05, 4.69) is 20.2 Å². The molecule has 3 rings (SSSR count). The molecular weight excluding hydrogens is 351 g/mol. The second-order valence-corrected chi connectivity index (χ2v) is 7.18. The van der Waals surface area contributed by atoms with Gasteiger partial charge in [0.2, 0.25) is 11.5 Å². The number of hydrogen-bond acceptors (Lipinski definition) is 7. The van der Waals surface area contributed by atoms with Gasteiger partial charge in [0, 0.05) is 12.5 Å². The van der Waals surface area contributed by atoms with Gasteiger partial charge in [0.15, 0.2) is 15.5 Å². The lowest BCUT2D eigenvalue weighted by atomic mass is 10.4. The van der Waals surface area contributed by atoms with E-state index < -0.39 is 21.8 Å². The van der Waals surface area contributed by atoms with Crippen LogP contribution in [-0.4, -0.2) is 51.6 Å². The van der Waals surface area contributed by atoms with Gasteiger partial charge in [-0.25, -0.2) is 22.8 Å². The van der Waals surface area contributed by atoms with Crippen molar-refractivity contribution in [1.82, 2.24) is 24.6 Å². The number of fused-ring (bicyclic) bond motifs is 3. The number of sulfone groups is 1. The molecule has 0 saturated carbocycles. The quantitative estimate of drug-likeness (QED) is 0.686. The van der Waals surface area contributed by atoms with E-state index in [-0.39, 0.29) is 35.1 Å². The van der Waals surface area contributed by atoms with Gasteiger partial charge in [-0.15, -0.1) is 10.2 Å². The predicted octanol–water partition coefficient (Wildman–Crippen LogP) is 1.11. The maximum Gasteiger partial charge on any atom is 0.452 e. The Morgan fingerprint density at radius 1 is 1.25 bits per heavy atom. The van der Waals surface area contributed by atoms with Crippen LogP contribution >= 0.6 is 0 Å². The number of pyridine rings is 1. The van der Waals surface area contributed by atoms with Crippen molar-refractivity contribution in [3.05, 3.63) is 24.2 Å². The van der Waals surface area contributed by atoms with Crippen LogP contribution in [0, 0.1) is 0 Å². The molecule has 12 heteroatoms. The average Bonchev–Trinajstić information content (AvgIpc) is 2.91. The fourth-order valence-electron chi connectivity index (χ4n) is 2.00. The summed E-state index contributed by atoms with van der Waals surface area (Å²) in [6.07, 6.45) is -2.43. The van der Waals surface area contributed by atoms with Crippen LogP contribution in [0.1, 0.15) is 5.82 Å². The molecule has 3 heterocycles. The van der Waals surface area contributed by atoms with Gasteiger partial charge < -0.3 is 4.74 Å². The third-order valence-electron chi connectivity index (χ3n) is 3.00. The molecule has 0 atom stereocenters. The maximum atomic E-state index is 13.1. The van der Waals surface area contributed by atoms with Gasteiger partial charge in [-0.3, -0.25) is 0 Å². The molecule has 0 spiro atoms. The van der Waals surface area contributed by atoms with Crippen LogP contribution < -0.4 is 4.74 Å². The van der Waals surface area contributed by atoms with E-state index in [1.165, 1.54) is 18.3 Å². The van der Waals surface area contributed by atoms with E-state index in [0.29, 0.717) is 4.40 Å². The third-order valence-corrected chi connectivity index (χ3v) is 3.91. The van der Waals surface area contributed by atoms with Gasteiger partial charge in [0.1, 0.15) is 12.1 Å². The van der Waals surface area contributed by atoms with Crippen molar-refractivity contribution >= 4 is 26.6 Å². The summed E-state index contributed by atoms with van der Waals surface area (Å²) in [6, 6.07) is 2.95. The monoisotopic (exact) mass is 361 g/mol. The summed E-state index contributed by atoms with van der Waals surface area (Å²) in [5.41, 5.74) is -0.244. The van der Waals surface area contributed by atoms with Crippen molar-refractivity contribution in [3.63, 3.8) is 0 Å². The minimum Gasteiger partial charge on any atom is -0.474 e. The molecule has 0 saturated heterocycles. The first kappa shape index (κ1) is 16.4. The summed E-state index contributed by atoms with van der Waals surface area (Å²) in [4.78, 5) is 7.93. The number of rotatable bonds is 4. The summed E-state index contributed by atoms with van der Waals surface area (Å²) in [6.45, 7) is -0.276. The van der Waals surface area contributed by atoms with Crippen molar-refractivity contribution in [2.45, 2.75) is 6.18 Å². The van der Waals surface area contributed by atoms with Crippen molar-refractivity contribution in [2.24, 2.45) is 0 Å². The van der Waals surface area contributed by atoms with E-state index >= 15 is 0 Å². The summed E-state index contributed by atoms with van der Waals surface area (Å²) >= 11 is 0. The summed E-state index contributed by atoms with van der Waals surface area (Å²) in [5.74, 6) is -1.83. The summed E-state index contributed by atoms with van der Waals surface area (Å²) < 4.78 is 67.6. The Morgan fingerprint density at radius 3 is 2.67 bits per heavy atom. The van der Waals surface area contributed by atoms with Crippen LogP contribution in [0.25, 0.3) is 16.8 Å². The molecule has 0 amide bonds. The molecule has 0 aliphatic rings. The number of hydrogen-bond donors (Lipinski definition) is 0. The molecule has 3 aromatic heterocycles. The van der Waals surface area contributed by atoms with Crippen LogP contribution in [0.4, 0.5) is 13.2 Å². The van der Waals surface area contributed by atoms with Gasteiger partial charge in [-0.05, 0) is 12.1 Å². The number of alkyl halides is 3. The van der Waals surface area contributed by atoms with Gasteiger partial charge in [-0.1, -0.05) is 0 Å². The van der Waals surface area contributed by atoms with Gasteiger partial charge >= 0.3 is 6.18 Å². The first-order chi connectivity index (χ1) is 11.2. The molecule has 0 aliphatic carbocycles. The Balaban J connectivity index is 2.17. The fraction of sp³-hybridized carbons (Fsp3) is 0.333. The number of halogens is 3. The Hall–Kier alpha value is -2.50. The first-order valence-corrected chi connectivity index (χ1v) is 8.60. The topological polar surface area (TPSA) is 99.3 Å². The standard InChI is InChI=1S/C12H10F3N5O3S/c1-24(21,22)6-5-23-10-9-18-19-11(12(13,14)15)20(9)8-7(17-10)3-2-4-16-8/h2-4H,5-6H2,1H3. The van der Waals surface area contributed by atoms with E-state index in [1.807, 2.05) is 0 Å². The molecule has 0 aliphatic heterocycles. The zero-order valence-corrected chi connectivity index (χ0v) is 13.0. The molecular formula is C12H10F3N5O3S. The predicted molar refractivity (Wildman–Crippen MR) is 76.3 cm³/mol. The minimum absolute atomic E-state index is 0.0831. The highest BCUT2D eigenvalue weighted by atomic mass is 32.2. The number of ether oxygens (including phenoxy) is 1. The molecule has 0 radical (unpaired) electrons. The molecule has 0 unspecified atom stereocenters. The molecule has 8 nitrogen and oxygen atoms in total. The normalized spacial score (nSPS) is 12.8. The van der Waals surface area contributed by atoms with E-state index in [1.54, 1.807) is 0 Å². The number of aromatic nitrogens is 5. The first-order valence-electron chi connectivity index (χ1n) is 6.54. The lowest BCUT2D eigenvalue weighted by Gasteiger charge is -2.09. The summed E-state index contributed by atoms with van der Waals surface area (Å²) in [7, 11) is -3.30. The van der Waals surface area contributed by atoms with Crippen LogP contribution in [0.3, 0.4) is 0 Å². The number of nitrogens with zero attached hydrogens (tertiary/aromatic N) is 5.